The number of amides is 1. The molecule has 1 amide bonds. The summed E-state index contributed by atoms with van der Waals surface area (Å²) in [6, 6.07) is 11.6. The van der Waals surface area contributed by atoms with E-state index in [1.807, 2.05) is 35.2 Å². The number of para-hydroxylation sites is 2. The molecule has 0 saturated carbocycles. The molecule has 0 unspecified atom stereocenters. The molecule has 2 aromatic heterocycles. The Balaban J connectivity index is 1.53. The molecular formula is C17H16N4O. The fraction of sp³-hybridized carbons (Fsp3) is 0.235. The molecular weight excluding hydrogens is 276 g/mol. The van der Waals surface area contributed by atoms with Crippen molar-refractivity contribution in [3.05, 3.63) is 60.2 Å². The van der Waals surface area contributed by atoms with E-state index < -0.39 is 0 Å². The van der Waals surface area contributed by atoms with Crippen molar-refractivity contribution in [2.45, 2.75) is 12.3 Å². The smallest absolute Gasteiger partial charge is 0.255 e. The van der Waals surface area contributed by atoms with Gasteiger partial charge in [0.25, 0.3) is 5.91 Å². The molecule has 110 valence electrons. The fourth-order valence-electron chi connectivity index (χ4n) is 3.01. The summed E-state index contributed by atoms with van der Waals surface area (Å²) in [5.74, 6) is 1.29. The fourth-order valence-corrected chi connectivity index (χ4v) is 3.01. The number of likely N-dealkylation sites (tertiary alicyclic amines) is 1. The predicted molar refractivity (Wildman–Crippen MR) is 83.6 cm³/mol. The molecule has 1 aliphatic heterocycles. The van der Waals surface area contributed by atoms with Gasteiger partial charge in [-0.05, 0) is 30.7 Å². The van der Waals surface area contributed by atoms with E-state index in [0.29, 0.717) is 12.1 Å². The highest BCUT2D eigenvalue weighted by Gasteiger charge is 2.29. The lowest BCUT2D eigenvalue weighted by atomic mass is 10.1. The van der Waals surface area contributed by atoms with Gasteiger partial charge in [0.1, 0.15) is 5.82 Å². The highest BCUT2D eigenvalue weighted by molar-refractivity contribution is 5.94. The molecule has 0 bridgehead atoms. The first-order valence-electron chi connectivity index (χ1n) is 7.45. The van der Waals surface area contributed by atoms with Gasteiger partial charge in [-0.1, -0.05) is 12.1 Å². The van der Waals surface area contributed by atoms with Crippen LogP contribution in [-0.2, 0) is 0 Å². The number of aromatic nitrogens is 3. The van der Waals surface area contributed by atoms with Crippen LogP contribution in [0.15, 0.2) is 48.8 Å². The number of carbonyl (C=O) groups excluding carboxylic acids is 1. The summed E-state index contributed by atoms with van der Waals surface area (Å²) in [7, 11) is 0. The van der Waals surface area contributed by atoms with Crippen molar-refractivity contribution in [1.82, 2.24) is 19.9 Å². The van der Waals surface area contributed by atoms with E-state index >= 15 is 0 Å². The van der Waals surface area contributed by atoms with Crippen LogP contribution >= 0.6 is 0 Å². The number of H-pyrrole nitrogens is 1. The van der Waals surface area contributed by atoms with Crippen LogP contribution in [0.2, 0.25) is 0 Å². The van der Waals surface area contributed by atoms with Crippen LogP contribution in [0, 0.1) is 0 Å². The zero-order valence-electron chi connectivity index (χ0n) is 12.1. The molecule has 1 N–H and O–H groups in total. The van der Waals surface area contributed by atoms with E-state index in [1.54, 1.807) is 18.5 Å². The van der Waals surface area contributed by atoms with Crippen LogP contribution in [0.25, 0.3) is 11.0 Å². The molecule has 3 aromatic rings. The first-order chi connectivity index (χ1) is 10.8. The van der Waals surface area contributed by atoms with E-state index in [0.717, 1.165) is 29.8 Å². The van der Waals surface area contributed by atoms with Gasteiger partial charge in [0.05, 0.1) is 16.6 Å². The van der Waals surface area contributed by atoms with Crippen molar-refractivity contribution >= 4 is 16.9 Å². The molecule has 3 heterocycles. The SMILES string of the molecule is O=C(c1cccnc1)N1CC[C@H](c2nc3ccccc3[nH]2)C1. The van der Waals surface area contributed by atoms with E-state index in [1.165, 1.54) is 0 Å². The minimum absolute atomic E-state index is 0.0479. The molecule has 4 rings (SSSR count). The Labute approximate surface area is 128 Å². The van der Waals surface area contributed by atoms with Crippen LogP contribution in [0.5, 0.6) is 0 Å². The lowest BCUT2D eigenvalue weighted by molar-refractivity contribution is 0.0790. The van der Waals surface area contributed by atoms with Gasteiger partial charge in [0.2, 0.25) is 0 Å². The number of nitrogens with zero attached hydrogens (tertiary/aromatic N) is 3. The number of hydrogen-bond donors (Lipinski definition) is 1. The monoisotopic (exact) mass is 292 g/mol. The Morgan fingerprint density at radius 1 is 1.23 bits per heavy atom. The Morgan fingerprint density at radius 3 is 2.95 bits per heavy atom. The van der Waals surface area contributed by atoms with E-state index in [2.05, 4.69) is 15.0 Å². The average molecular weight is 292 g/mol. The molecule has 5 nitrogen and oxygen atoms in total. The largest absolute Gasteiger partial charge is 0.342 e. The lowest BCUT2D eigenvalue weighted by Gasteiger charge is -2.15. The maximum atomic E-state index is 12.5. The van der Waals surface area contributed by atoms with Gasteiger partial charge in [-0.3, -0.25) is 9.78 Å². The number of imidazole rings is 1. The molecule has 1 saturated heterocycles. The topological polar surface area (TPSA) is 61.9 Å². The van der Waals surface area contributed by atoms with Crippen LogP contribution in [-0.4, -0.2) is 38.8 Å². The van der Waals surface area contributed by atoms with Crippen LogP contribution < -0.4 is 0 Å². The molecule has 1 fully saturated rings. The molecule has 5 heteroatoms. The Hall–Kier alpha value is -2.69. The molecule has 0 spiro atoms. The summed E-state index contributed by atoms with van der Waals surface area (Å²) in [6.07, 6.45) is 4.24. The summed E-state index contributed by atoms with van der Waals surface area (Å²) in [6.45, 7) is 1.46. The van der Waals surface area contributed by atoms with Crippen molar-refractivity contribution < 1.29 is 4.79 Å². The second kappa shape index (κ2) is 5.26. The third-order valence-corrected chi connectivity index (χ3v) is 4.18. The first kappa shape index (κ1) is 13.0. The minimum atomic E-state index is 0.0479. The van der Waals surface area contributed by atoms with Crippen LogP contribution in [0.3, 0.4) is 0 Å². The van der Waals surface area contributed by atoms with Gasteiger partial charge >= 0.3 is 0 Å². The zero-order chi connectivity index (χ0) is 14.9. The molecule has 1 aromatic carbocycles. The standard InChI is InChI=1S/C17H16N4O/c22-17(12-4-3-8-18-10-12)21-9-7-13(11-21)16-19-14-5-1-2-6-15(14)20-16/h1-6,8,10,13H,7,9,11H2,(H,19,20)/t13-/m0/s1. The third-order valence-electron chi connectivity index (χ3n) is 4.18. The van der Waals surface area contributed by atoms with E-state index in [4.69, 9.17) is 0 Å². The summed E-state index contributed by atoms with van der Waals surface area (Å²) in [4.78, 5) is 26.4. The maximum absolute atomic E-state index is 12.5. The summed E-state index contributed by atoms with van der Waals surface area (Å²) < 4.78 is 0. The molecule has 0 radical (unpaired) electrons. The molecule has 1 atom stereocenters. The van der Waals surface area contributed by atoms with E-state index in [-0.39, 0.29) is 11.8 Å². The number of nitrogens with one attached hydrogen (secondary N) is 1. The van der Waals surface area contributed by atoms with Crippen molar-refractivity contribution in [3.63, 3.8) is 0 Å². The van der Waals surface area contributed by atoms with Gasteiger partial charge in [-0.15, -0.1) is 0 Å². The normalized spacial score (nSPS) is 18.0. The second-order valence-corrected chi connectivity index (χ2v) is 5.62. The Kier molecular flexibility index (Phi) is 3.11. The van der Waals surface area contributed by atoms with Gasteiger partial charge < -0.3 is 9.88 Å². The van der Waals surface area contributed by atoms with Crippen molar-refractivity contribution in [2.24, 2.45) is 0 Å². The summed E-state index contributed by atoms with van der Waals surface area (Å²) in [5.41, 5.74) is 2.68. The average Bonchev–Trinajstić information content (AvgIpc) is 3.21. The molecule has 22 heavy (non-hydrogen) atoms. The quantitative estimate of drug-likeness (QED) is 0.789. The number of benzene rings is 1. The Bertz CT molecular complexity index is 779. The maximum Gasteiger partial charge on any atom is 0.255 e. The van der Waals surface area contributed by atoms with Gasteiger partial charge in [-0.2, -0.15) is 0 Å². The van der Waals surface area contributed by atoms with Gasteiger partial charge in [0.15, 0.2) is 0 Å². The number of hydrogen-bond acceptors (Lipinski definition) is 3. The number of fused-ring (bicyclic) bond motifs is 1. The minimum Gasteiger partial charge on any atom is -0.342 e. The zero-order valence-corrected chi connectivity index (χ0v) is 12.1. The number of pyridine rings is 1. The summed E-state index contributed by atoms with van der Waals surface area (Å²) in [5, 5.41) is 0. The van der Waals surface area contributed by atoms with E-state index in [9.17, 15) is 4.79 Å². The molecule has 1 aliphatic rings. The van der Waals surface area contributed by atoms with Crippen LogP contribution in [0.4, 0.5) is 0 Å². The van der Waals surface area contributed by atoms with Crippen molar-refractivity contribution in [1.29, 1.82) is 0 Å². The number of rotatable bonds is 2. The van der Waals surface area contributed by atoms with Gasteiger partial charge in [0, 0.05) is 31.4 Å². The highest BCUT2D eigenvalue weighted by Crippen LogP contribution is 2.27. The second-order valence-electron chi connectivity index (χ2n) is 5.62. The molecule has 0 aliphatic carbocycles. The number of aromatic amines is 1. The van der Waals surface area contributed by atoms with Crippen LogP contribution in [0.1, 0.15) is 28.5 Å². The number of carbonyl (C=O) groups is 1. The third kappa shape index (κ3) is 2.24. The Morgan fingerprint density at radius 2 is 2.14 bits per heavy atom. The summed E-state index contributed by atoms with van der Waals surface area (Å²) >= 11 is 0. The van der Waals surface area contributed by atoms with Gasteiger partial charge in [-0.25, -0.2) is 4.98 Å². The first-order valence-corrected chi connectivity index (χ1v) is 7.45. The van der Waals surface area contributed by atoms with Crippen molar-refractivity contribution in [3.8, 4) is 0 Å². The predicted octanol–water partition coefficient (Wildman–Crippen LogP) is 2.59. The highest BCUT2D eigenvalue weighted by atomic mass is 16.2. The lowest BCUT2D eigenvalue weighted by Crippen LogP contribution is -2.28. The van der Waals surface area contributed by atoms with Crippen molar-refractivity contribution in [2.75, 3.05) is 13.1 Å².